The van der Waals surface area contributed by atoms with E-state index >= 15 is 0 Å². The molecule has 0 fully saturated rings. The molecule has 0 saturated heterocycles. The fourth-order valence-corrected chi connectivity index (χ4v) is 2.08. The molecule has 0 saturated carbocycles. The van der Waals surface area contributed by atoms with Crippen molar-refractivity contribution < 1.29 is 0 Å². The van der Waals surface area contributed by atoms with Gasteiger partial charge in [-0.25, -0.2) is 0 Å². The fourth-order valence-electron chi connectivity index (χ4n) is 1.08. The molecule has 0 bridgehead atoms. The Balaban J connectivity index is 2.81. The summed E-state index contributed by atoms with van der Waals surface area (Å²) < 4.78 is 0. The Kier molecular flexibility index (Phi) is 3.82. The minimum Gasteiger partial charge on any atom is -0.319 e. The summed E-state index contributed by atoms with van der Waals surface area (Å²) in [6.07, 6.45) is 1.01. The van der Waals surface area contributed by atoms with Crippen LogP contribution >= 0.6 is 11.8 Å². The normalized spacial score (nSPS) is 12.9. The van der Waals surface area contributed by atoms with Crippen molar-refractivity contribution in [2.45, 2.75) is 37.5 Å². The zero-order chi connectivity index (χ0) is 9.84. The molecule has 72 valence electrons. The van der Waals surface area contributed by atoms with E-state index in [1.165, 1.54) is 16.0 Å². The molecule has 0 heterocycles. The molecule has 0 aliphatic carbocycles. The SMILES string of the molecule is CCC(N)Sc1cc(C)ccc1C. The van der Waals surface area contributed by atoms with Gasteiger partial charge in [0, 0.05) is 4.90 Å². The van der Waals surface area contributed by atoms with Crippen molar-refractivity contribution in [3.05, 3.63) is 29.3 Å². The highest BCUT2D eigenvalue weighted by Gasteiger charge is 2.04. The van der Waals surface area contributed by atoms with Crippen molar-refractivity contribution in [2.24, 2.45) is 5.73 Å². The molecule has 0 aliphatic heterocycles. The van der Waals surface area contributed by atoms with Crippen LogP contribution in [0, 0.1) is 13.8 Å². The molecular weight excluding hydrogens is 178 g/mol. The predicted octanol–water partition coefficient (Wildman–Crippen LogP) is 3.09. The number of nitrogens with two attached hydrogens (primary N) is 1. The maximum atomic E-state index is 5.89. The van der Waals surface area contributed by atoms with Gasteiger partial charge in [-0.1, -0.05) is 19.1 Å². The molecule has 1 aromatic rings. The van der Waals surface area contributed by atoms with Crippen LogP contribution in [0.3, 0.4) is 0 Å². The monoisotopic (exact) mass is 195 g/mol. The lowest BCUT2D eigenvalue weighted by Gasteiger charge is -2.11. The lowest BCUT2D eigenvalue weighted by molar-refractivity contribution is 0.867. The molecule has 0 amide bonds. The van der Waals surface area contributed by atoms with Crippen molar-refractivity contribution >= 4 is 11.8 Å². The van der Waals surface area contributed by atoms with Crippen molar-refractivity contribution in [2.75, 3.05) is 0 Å². The average molecular weight is 195 g/mol. The quantitative estimate of drug-likeness (QED) is 0.592. The third kappa shape index (κ3) is 3.05. The van der Waals surface area contributed by atoms with Crippen molar-refractivity contribution in [1.82, 2.24) is 0 Å². The van der Waals surface area contributed by atoms with E-state index in [9.17, 15) is 0 Å². The second kappa shape index (κ2) is 4.68. The third-order valence-corrected chi connectivity index (χ3v) is 3.35. The second-order valence-electron chi connectivity index (χ2n) is 3.33. The Hall–Kier alpha value is -0.470. The standard InChI is InChI=1S/C11H17NS/c1-4-11(12)13-10-7-8(2)5-6-9(10)3/h5-7,11H,4,12H2,1-3H3. The molecule has 2 N–H and O–H groups in total. The first-order chi connectivity index (χ1) is 6.13. The van der Waals surface area contributed by atoms with E-state index in [2.05, 4.69) is 39.0 Å². The Morgan fingerprint density at radius 2 is 2.08 bits per heavy atom. The maximum absolute atomic E-state index is 5.89. The Morgan fingerprint density at radius 3 is 2.69 bits per heavy atom. The molecule has 13 heavy (non-hydrogen) atoms. The first-order valence-electron chi connectivity index (χ1n) is 4.63. The molecular formula is C11H17NS. The summed E-state index contributed by atoms with van der Waals surface area (Å²) in [5, 5.41) is 0.223. The van der Waals surface area contributed by atoms with Crippen LogP contribution in [-0.2, 0) is 0 Å². The Bertz CT molecular complexity index is 283. The van der Waals surface area contributed by atoms with Crippen molar-refractivity contribution in [3.8, 4) is 0 Å². The molecule has 1 unspecified atom stereocenters. The van der Waals surface area contributed by atoms with Crippen LogP contribution in [0.25, 0.3) is 0 Å². The van der Waals surface area contributed by atoms with Gasteiger partial charge in [0.15, 0.2) is 0 Å². The van der Waals surface area contributed by atoms with Gasteiger partial charge >= 0.3 is 0 Å². The van der Waals surface area contributed by atoms with E-state index in [1.807, 2.05) is 0 Å². The fraction of sp³-hybridized carbons (Fsp3) is 0.455. The van der Waals surface area contributed by atoms with Gasteiger partial charge in [0.1, 0.15) is 0 Å². The molecule has 0 aromatic heterocycles. The Labute approximate surface area is 84.7 Å². The van der Waals surface area contributed by atoms with Gasteiger partial charge in [0.25, 0.3) is 0 Å². The van der Waals surface area contributed by atoms with Crippen LogP contribution in [0.15, 0.2) is 23.1 Å². The molecule has 0 radical (unpaired) electrons. The highest BCUT2D eigenvalue weighted by molar-refractivity contribution is 8.00. The molecule has 1 atom stereocenters. The summed E-state index contributed by atoms with van der Waals surface area (Å²) in [4.78, 5) is 1.31. The van der Waals surface area contributed by atoms with E-state index in [1.54, 1.807) is 11.8 Å². The summed E-state index contributed by atoms with van der Waals surface area (Å²) in [6.45, 7) is 6.36. The van der Waals surface area contributed by atoms with E-state index < -0.39 is 0 Å². The van der Waals surface area contributed by atoms with Crippen LogP contribution < -0.4 is 5.73 Å². The van der Waals surface area contributed by atoms with E-state index in [0.717, 1.165) is 6.42 Å². The third-order valence-electron chi connectivity index (χ3n) is 2.02. The number of hydrogen-bond acceptors (Lipinski definition) is 2. The van der Waals surface area contributed by atoms with E-state index in [-0.39, 0.29) is 5.37 Å². The summed E-state index contributed by atoms with van der Waals surface area (Å²) in [5.41, 5.74) is 8.51. The number of thioether (sulfide) groups is 1. The summed E-state index contributed by atoms with van der Waals surface area (Å²) in [5.74, 6) is 0. The van der Waals surface area contributed by atoms with E-state index in [4.69, 9.17) is 5.73 Å². The van der Waals surface area contributed by atoms with Gasteiger partial charge in [0.05, 0.1) is 5.37 Å². The zero-order valence-electron chi connectivity index (χ0n) is 8.50. The molecule has 1 aromatic carbocycles. The average Bonchev–Trinajstić information content (AvgIpc) is 2.11. The maximum Gasteiger partial charge on any atom is 0.0552 e. The molecule has 0 spiro atoms. The van der Waals surface area contributed by atoms with Gasteiger partial charge in [-0.2, -0.15) is 0 Å². The minimum atomic E-state index is 0.223. The van der Waals surface area contributed by atoms with Gasteiger partial charge in [0.2, 0.25) is 0 Å². The molecule has 0 aliphatic rings. The predicted molar refractivity (Wildman–Crippen MR) is 60.0 cm³/mol. The molecule has 1 rings (SSSR count). The number of hydrogen-bond donors (Lipinski definition) is 1. The van der Waals surface area contributed by atoms with Crippen LogP contribution in [-0.4, -0.2) is 5.37 Å². The number of benzene rings is 1. The van der Waals surface area contributed by atoms with E-state index in [0.29, 0.717) is 0 Å². The van der Waals surface area contributed by atoms with Gasteiger partial charge in [-0.15, -0.1) is 11.8 Å². The smallest absolute Gasteiger partial charge is 0.0552 e. The Morgan fingerprint density at radius 1 is 1.38 bits per heavy atom. The largest absolute Gasteiger partial charge is 0.319 e. The van der Waals surface area contributed by atoms with Crippen LogP contribution in [0.1, 0.15) is 24.5 Å². The first-order valence-corrected chi connectivity index (χ1v) is 5.51. The number of rotatable bonds is 3. The summed E-state index contributed by atoms with van der Waals surface area (Å²) in [6, 6.07) is 6.49. The van der Waals surface area contributed by atoms with Gasteiger partial charge < -0.3 is 5.73 Å². The first kappa shape index (κ1) is 10.6. The lowest BCUT2D eigenvalue weighted by atomic mass is 10.2. The lowest BCUT2D eigenvalue weighted by Crippen LogP contribution is -2.13. The topological polar surface area (TPSA) is 26.0 Å². The molecule has 2 heteroatoms. The van der Waals surface area contributed by atoms with Crippen LogP contribution in [0.4, 0.5) is 0 Å². The highest BCUT2D eigenvalue weighted by atomic mass is 32.2. The van der Waals surface area contributed by atoms with Gasteiger partial charge in [-0.05, 0) is 37.5 Å². The van der Waals surface area contributed by atoms with Gasteiger partial charge in [-0.3, -0.25) is 0 Å². The summed E-state index contributed by atoms with van der Waals surface area (Å²) >= 11 is 1.76. The van der Waals surface area contributed by atoms with Crippen LogP contribution in [0.5, 0.6) is 0 Å². The highest BCUT2D eigenvalue weighted by Crippen LogP contribution is 2.26. The van der Waals surface area contributed by atoms with Crippen molar-refractivity contribution in [3.63, 3.8) is 0 Å². The molecule has 1 nitrogen and oxygen atoms in total. The van der Waals surface area contributed by atoms with Crippen molar-refractivity contribution in [1.29, 1.82) is 0 Å². The van der Waals surface area contributed by atoms with Crippen LogP contribution in [0.2, 0.25) is 0 Å². The zero-order valence-corrected chi connectivity index (χ0v) is 9.32. The number of aryl methyl sites for hydroxylation is 2. The summed E-state index contributed by atoms with van der Waals surface area (Å²) in [7, 11) is 0. The second-order valence-corrected chi connectivity index (χ2v) is 4.61. The minimum absolute atomic E-state index is 0.223.